The third-order valence-electron chi connectivity index (χ3n) is 3.05. The molecule has 0 saturated carbocycles. The van der Waals surface area contributed by atoms with Gasteiger partial charge in [-0.1, -0.05) is 26.2 Å². The lowest BCUT2D eigenvalue weighted by atomic mass is 10.2. The summed E-state index contributed by atoms with van der Waals surface area (Å²) in [4.78, 5) is 11.5. The maximum Gasteiger partial charge on any atom is 0.417 e. The van der Waals surface area contributed by atoms with Gasteiger partial charge in [0, 0.05) is 25.4 Å². The lowest BCUT2D eigenvalue weighted by Crippen LogP contribution is -2.28. The molecule has 0 aliphatic carbocycles. The van der Waals surface area contributed by atoms with E-state index in [0.717, 1.165) is 42.3 Å². The zero-order valence-corrected chi connectivity index (χ0v) is 11.7. The first-order chi connectivity index (χ1) is 9.45. The average Bonchev–Trinajstić information content (AvgIpc) is 2.38. The number of unbranched alkanes of at least 4 members (excludes halogenated alkanes) is 3. The van der Waals surface area contributed by atoms with E-state index in [1.807, 2.05) is 0 Å². The highest BCUT2D eigenvalue weighted by Crippen LogP contribution is 2.27. The van der Waals surface area contributed by atoms with Crippen LogP contribution in [-0.4, -0.2) is 17.7 Å². The van der Waals surface area contributed by atoms with Crippen LogP contribution in [0.4, 0.5) is 13.2 Å². The summed E-state index contributed by atoms with van der Waals surface area (Å²) in [6.07, 6.45) is 1.01. The number of halogens is 3. The van der Waals surface area contributed by atoms with E-state index in [-0.39, 0.29) is 6.54 Å². The van der Waals surface area contributed by atoms with Gasteiger partial charge in [-0.3, -0.25) is 4.79 Å². The van der Waals surface area contributed by atoms with Gasteiger partial charge in [-0.15, -0.1) is 0 Å². The number of nitrogens with zero attached hydrogens (tertiary/aromatic N) is 1. The highest BCUT2D eigenvalue weighted by atomic mass is 19.4. The molecule has 0 saturated heterocycles. The molecule has 1 aromatic rings. The minimum Gasteiger partial charge on any atom is -0.315 e. The van der Waals surface area contributed by atoms with Crippen molar-refractivity contribution in [2.45, 2.75) is 45.3 Å². The first kappa shape index (κ1) is 16.8. The molecule has 0 atom stereocenters. The third kappa shape index (κ3) is 5.77. The van der Waals surface area contributed by atoms with Crippen LogP contribution in [0.2, 0.25) is 0 Å². The topological polar surface area (TPSA) is 34.0 Å². The van der Waals surface area contributed by atoms with Crippen LogP contribution in [0.3, 0.4) is 0 Å². The fourth-order valence-electron chi connectivity index (χ4n) is 1.88. The minimum absolute atomic E-state index is 0.247. The second-order valence-corrected chi connectivity index (χ2v) is 4.76. The Balaban J connectivity index is 2.42. The molecule has 0 fully saturated rings. The van der Waals surface area contributed by atoms with Gasteiger partial charge in [-0.25, -0.2) is 0 Å². The summed E-state index contributed by atoms with van der Waals surface area (Å²) in [6, 6.07) is 1.78. The Kier molecular flexibility index (Phi) is 6.78. The Morgan fingerprint density at radius 3 is 2.55 bits per heavy atom. The van der Waals surface area contributed by atoms with Gasteiger partial charge in [0.15, 0.2) is 0 Å². The number of rotatable bonds is 8. The molecule has 1 heterocycles. The van der Waals surface area contributed by atoms with Crippen LogP contribution < -0.4 is 10.9 Å². The second-order valence-electron chi connectivity index (χ2n) is 4.76. The number of hydrogen-bond acceptors (Lipinski definition) is 2. The number of aromatic nitrogens is 1. The van der Waals surface area contributed by atoms with E-state index in [1.165, 1.54) is 12.8 Å². The van der Waals surface area contributed by atoms with Gasteiger partial charge in [0.2, 0.25) is 0 Å². The van der Waals surface area contributed by atoms with Crippen molar-refractivity contribution in [2.75, 3.05) is 13.1 Å². The molecule has 0 spiro atoms. The monoisotopic (exact) mass is 290 g/mol. The van der Waals surface area contributed by atoms with Crippen molar-refractivity contribution in [3.63, 3.8) is 0 Å². The van der Waals surface area contributed by atoms with Crippen LogP contribution in [0, 0.1) is 0 Å². The van der Waals surface area contributed by atoms with E-state index >= 15 is 0 Å². The van der Waals surface area contributed by atoms with Crippen molar-refractivity contribution >= 4 is 0 Å². The predicted molar refractivity (Wildman–Crippen MR) is 72.7 cm³/mol. The summed E-state index contributed by atoms with van der Waals surface area (Å²) in [5, 5.41) is 3.14. The molecule has 1 aromatic heterocycles. The van der Waals surface area contributed by atoms with Crippen LogP contribution in [0.25, 0.3) is 0 Å². The van der Waals surface area contributed by atoms with Crippen molar-refractivity contribution in [3.8, 4) is 0 Å². The third-order valence-corrected chi connectivity index (χ3v) is 3.05. The molecule has 6 heteroatoms. The molecule has 114 valence electrons. The van der Waals surface area contributed by atoms with Crippen LogP contribution in [0.15, 0.2) is 23.1 Å². The Bertz CT molecular complexity index is 454. The molecule has 0 aromatic carbocycles. The smallest absolute Gasteiger partial charge is 0.315 e. The highest BCUT2D eigenvalue weighted by molar-refractivity contribution is 5.13. The highest BCUT2D eigenvalue weighted by Gasteiger charge is 2.30. The van der Waals surface area contributed by atoms with Gasteiger partial charge in [-0.05, 0) is 19.0 Å². The SMILES string of the molecule is CCCCCCNCCn1cc(C(F)(F)F)ccc1=O. The Hall–Kier alpha value is -1.30. The van der Waals surface area contributed by atoms with Crippen molar-refractivity contribution in [1.29, 1.82) is 0 Å². The molecular formula is C14H21F3N2O. The van der Waals surface area contributed by atoms with E-state index in [2.05, 4.69) is 12.2 Å². The summed E-state index contributed by atoms with van der Waals surface area (Å²) in [7, 11) is 0. The van der Waals surface area contributed by atoms with Gasteiger partial charge in [0.25, 0.3) is 5.56 Å². The Morgan fingerprint density at radius 1 is 1.15 bits per heavy atom. The Labute approximate surface area is 116 Å². The number of alkyl halides is 3. The molecule has 0 amide bonds. The zero-order chi connectivity index (χ0) is 15.0. The molecule has 1 rings (SSSR count). The van der Waals surface area contributed by atoms with E-state index in [0.29, 0.717) is 6.54 Å². The van der Waals surface area contributed by atoms with E-state index in [4.69, 9.17) is 0 Å². The van der Waals surface area contributed by atoms with Gasteiger partial charge in [-0.2, -0.15) is 13.2 Å². The van der Waals surface area contributed by atoms with Crippen LogP contribution in [-0.2, 0) is 12.7 Å². The fourth-order valence-corrected chi connectivity index (χ4v) is 1.88. The van der Waals surface area contributed by atoms with Crippen molar-refractivity contribution in [2.24, 2.45) is 0 Å². The largest absolute Gasteiger partial charge is 0.417 e. The molecule has 0 bridgehead atoms. The van der Waals surface area contributed by atoms with Gasteiger partial charge < -0.3 is 9.88 Å². The number of nitrogens with one attached hydrogen (secondary N) is 1. The number of pyridine rings is 1. The van der Waals surface area contributed by atoms with Gasteiger partial charge >= 0.3 is 6.18 Å². The Morgan fingerprint density at radius 2 is 1.90 bits per heavy atom. The molecule has 1 N–H and O–H groups in total. The first-order valence-electron chi connectivity index (χ1n) is 6.93. The second kappa shape index (κ2) is 8.09. The molecule has 0 aliphatic heterocycles. The molecule has 0 unspecified atom stereocenters. The summed E-state index contributed by atoms with van der Waals surface area (Å²) in [5.74, 6) is 0. The predicted octanol–water partition coefficient (Wildman–Crippen LogP) is 3.04. The summed E-state index contributed by atoms with van der Waals surface area (Å²) < 4.78 is 38.7. The first-order valence-corrected chi connectivity index (χ1v) is 6.93. The molecule has 20 heavy (non-hydrogen) atoms. The standard InChI is InChI=1S/C14H21F3N2O/c1-2-3-4-5-8-18-9-10-19-11-12(14(15,16)17)6-7-13(19)20/h6-7,11,18H,2-5,8-10H2,1H3. The van der Waals surface area contributed by atoms with E-state index in [9.17, 15) is 18.0 Å². The van der Waals surface area contributed by atoms with E-state index in [1.54, 1.807) is 0 Å². The van der Waals surface area contributed by atoms with Crippen LogP contribution >= 0.6 is 0 Å². The fraction of sp³-hybridized carbons (Fsp3) is 0.643. The van der Waals surface area contributed by atoms with Crippen molar-refractivity contribution in [3.05, 3.63) is 34.2 Å². The van der Waals surface area contributed by atoms with E-state index < -0.39 is 17.3 Å². The normalized spacial score (nSPS) is 11.8. The quantitative estimate of drug-likeness (QED) is 0.747. The van der Waals surface area contributed by atoms with Gasteiger partial charge in [0.1, 0.15) is 0 Å². The summed E-state index contributed by atoms with van der Waals surface area (Å²) >= 11 is 0. The van der Waals surface area contributed by atoms with Crippen molar-refractivity contribution < 1.29 is 13.2 Å². The molecule has 0 radical (unpaired) electrons. The van der Waals surface area contributed by atoms with Crippen LogP contribution in [0.5, 0.6) is 0 Å². The maximum absolute atomic E-state index is 12.5. The summed E-state index contributed by atoms with van der Waals surface area (Å²) in [5.41, 5.74) is -1.20. The summed E-state index contributed by atoms with van der Waals surface area (Å²) in [6.45, 7) is 3.70. The lowest BCUT2D eigenvalue weighted by Gasteiger charge is -2.11. The lowest BCUT2D eigenvalue weighted by molar-refractivity contribution is -0.138. The number of hydrogen-bond donors (Lipinski definition) is 1. The molecular weight excluding hydrogens is 269 g/mol. The molecule has 3 nitrogen and oxygen atoms in total. The maximum atomic E-state index is 12.5. The minimum atomic E-state index is -4.41. The van der Waals surface area contributed by atoms with Crippen molar-refractivity contribution in [1.82, 2.24) is 9.88 Å². The molecule has 0 aliphatic rings. The van der Waals surface area contributed by atoms with Crippen LogP contribution in [0.1, 0.15) is 38.2 Å². The zero-order valence-electron chi connectivity index (χ0n) is 11.7. The average molecular weight is 290 g/mol. The van der Waals surface area contributed by atoms with Gasteiger partial charge in [0.05, 0.1) is 5.56 Å².